The summed E-state index contributed by atoms with van der Waals surface area (Å²) in [5.74, 6) is 3.04. The Bertz CT molecular complexity index is 790. The van der Waals surface area contributed by atoms with E-state index in [0.29, 0.717) is 12.1 Å². The fourth-order valence-electron chi connectivity index (χ4n) is 4.54. The van der Waals surface area contributed by atoms with Crippen molar-refractivity contribution in [1.82, 2.24) is 4.90 Å². The summed E-state index contributed by atoms with van der Waals surface area (Å²) in [5.41, 5.74) is 2.93. The van der Waals surface area contributed by atoms with Gasteiger partial charge in [0.05, 0.1) is 0 Å². The number of carbonyl (C=O) groups is 1. The maximum absolute atomic E-state index is 13.0. The molecule has 126 valence electrons. The number of piperidine rings is 1. The van der Waals surface area contributed by atoms with Crippen molar-refractivity contribution in [2.75, 3.05) is 0 Å². The molecule has 2 heterocycles. The number of carbonyl (C=O) groups excluding carboxylic acids is 1. The van der Waals surface area contributed by atoms with Crippen molar-refractivity contribution in [1.29, 1.82) is 0 Å². The zero-order valence-corrected chi connectivity index (χ0v) is 14.4. The lowest BCUT2D eigenvalue weighted by atomic mass is 9.84. The number of benzene rings is 2. The molecule has 2 saturated heterocycles. The van der Waals surface area contributed by atoms with Gasteiger partial charge in [0.15, 0.2) is 5.78 Å². The maximum atomic E-state index is 13.0. The summed E-state index contributed by atoms with van der Waals surface area (Å²) in [6, 6.07) is 19.3. The summed E-state index contributed by atoms with van der Waals surface area (Å²) < 4.78 is 0. The Kier molecular flexibility index (Phi) is 4.42. The Morgan fingerprint density at radius 2 is 1.76 bits per heavy atom. The number of Topliss-reactive ketones (excluding diaryl/α,β-unsaturated/α-hetero) is 1. The molecule has 2 aromatic rings. The molecule has 2 aliphatic heterocycles. The van der Waals surface area contributed by atoms with E-state index in [1.807, 2.05) is 24.3 Å². The second kappa shape index (κ2) is 6.86. The summed E-state index contributed by atoms with van der Waals surface area (Å²) in [4.78, 5) is 15.6. The molecule has 2 nitrogen and oxygen atoms in total. The van der Waals surface area contributed by atoms with Crippen LogP contribution in [0.1, 0.15) is 47.2 Å². The summed E-state index contributed by atoms with van der Waals surface area (Å²) >= 11 is 0. The van der Waals surface area contributed by atoms with Crippen molar-refractivity contribution in [2.45, 2.75) is 44.3 Å². The normalized spacial score (nSPS) is 25.5. The maximum Gasteiger partial charge on any atom is 0.166 e. The van der Waals surface area contributed by atoms with Gasteiger partial charge in [-0.1, -0.05) is 48.4 Å². The van der Waals surface area contributed by atoms with Crippen LogP contribution in [-0.2, 0) is 6.54 Å². The highest BCUT2D eigenvalue weighted by Gasteiger charge is 2.42. The first-order chi connectivity index (χ1) is 12.2. The van der Waals surface area contributed by atoms with E-state index < -0.39 is 0 Å². The second-order valence-electron chi connectivity index (χ2n) is 7.30. The molecule has 2 aliphatic rings. The molecule has 0 saturated carbocycles. The first-order valence-electron chi connectivity index (χ1n) is 9.15. The Balaban J connectivity index is 1.47. The average Bonchev–Trinajstić information content (AvgIpc) is 2.90. The molecule has 4 rings (SSSR count). The SMILES string of the molecule is C#Cc1cccc(C(=O)C2CC3CCC(C2)N3Cc2ccccc2)c1. The second-order valence-corrected chi connectivity index (χ2v) is 7.30. The van der Waals surface area contributed by atoms with Crippen LogP contribution in [-0.4, -0.2) is 22.8 Å². The van der Waals surface area contributed by atoms with Crippen LogP contribution in [0.25, 0.3) is 0 Å². The van der Waals surface area contributed by atoms with Gasteiger partial charge in [0.25, 0.3) is 0 Å². The van der Waals surface area contributed by atoms with Crippen molar-refractivity contribution >= 4 is 5.78 Å². The molecule has 0 aliphatic carbocycles. The fraction of sp³-hybridized carbons (Fsp3) is 0.348. The van der Waals surface area contributed by atoms with Gasteiger partial charge in [0, 0.05) is 35.7 Å². The van der Waals surface area contributed by atoms with E-state index in [-0.39, 0.29) is 11.7 Å². The lowest BCUT2D eigenvalue weighted by molar-refractivity contribution is 0.0678. The first kappa shape index (κ1) is 16.1. The number of terminal acetylenes is 1. The predicted molar refractivity (Wildman–Crippen MR) is 100 cm³/mol. The van der Waals surface area contributed by atoms with Gasteiger partial charge in [0.2, 0.25) is 0 Å². The van der Waals surface area contributed by atoms with E-state index >= 15 is 0 Å². The van der Waals surface area contributed by atoms with Gasteiger partial charge in [-0.2, -0.15) is 0 Å². The third kappa shape index (κ3) is 3.25. The predicted octanol–water partition coefficient (Wildman–Crippen LogP) is 4.29. The molecule has 2 heteroatoms. The lowest BCUT2D eigenvalue weighted by Gasteiger charge is -2.38. The number of nitrogens with zero attached hydrogens (tertiary/aromatic N) is 1. The topological polar surface area (TPSA) is 20.3 Å². The van der Waals surface area contributed by atoms with Crippen LogP contribution in [0.15, 0.2) is 54.6 Å². The molecule has 2 bridgehead atoms. The standard InChI is InChI=1S/C23H23NO/c1-2-17-9-6-10-19(13-17)23(25)20-14-21-11-12-22(15-20)24(21)16-18-7-4-3-5-8-18/h1,3-10,13,20-22H,11-12,14-16H2. The van der Waals surface area contributed by atoms with Gasteiger partial charge < -0.3 is 0 Å². The monoisotopic (exact) mass is 329 g/mol. The van der Waals surface area contributed by atoms with E-state index in [9.17, 15) is 4.79 Å². The van der Waals surface area contributed by atoms with Crippen molar-refractivity contribution < 1.29 is 4.79 Å². The molecule has 0 aromatic heterocycles. The van der Waals surface area contributed by atoms with Crippen LogP contribution in [0.4, 0.5) is 0 Å². The Morgan fingerprint density at radius 1 is 1.04 bits per heavy atom. The highest BCUT2D eigenvalue weighted by Crippen LogP contribution is 2.40. The van der Waals surface area contributed by atoms with Gasteiger partial charge in [-0.3, -0.25) is 9.69 Å². The summed E-state index contributed by atoms with van der Waals surface area (Å²) in [6.45, 7) is 1.00. The zero-order valence-electron chi connectivity index (χ0n) is 14.4. The lowest BCUT2D eigenvalue weighted by Crippen LogP contribution is -2.44. The molecule has 0 amide bonds. The highest BCUT2D eigenvalue weighted by atomic mass is 16.1. The van der Waals surface area contributed by atoms with E-state index in [4.69, 9.17) is 6.42 Å². The Hall–Kier alpha value is -2.37. The van der Waals surface area contributed by atoms with E-state index in [1.54, 1.807) is 0 Å². The first-order valence-corrected chi connectivity index (χ1v) is 9.15. The molecule has 2 fully saturated rings. The summed E-state index contributed by atoms with van der Waals surface area (Å²) in [7, 11) is 0. The van der Waals surface area contributed by atoms with Gasteiger partial charge in [-0.15, -0.1) is 6.42 Å². The third-order valence-electron chi connectivity index (χ3n) is 5.78. The molecule has 0 N–H and O–H groups in total. The molecule has 2 unspecified atom stereocenters. The minimum Gasteiger partial charge on any atom is -0.294 e. The number of hydrogen-bond acceptors (Lipinski definition) is 2. The number of fused-ring (bicyclic) bond motifs is 2. The molecule has 0 radical (unpaired) electrons. The molecular formula is C23H23NO. The van der Waals surface area contributed by atoms with E-state index in [2.05, 4.69) is 41.2 Å². The van der Waals surface area contributed by atoms with Gasteiger partial charge in [-0.05, 0) is 43.4 Å². The van der Waals surface area contributed by atoms with Crippen LogP contribution in [0.5, 0.6) is 0 Å². The summed E-state index contributed by atoms with van der Waals surface area (Å²) in [6.07, 6.45) is 9.85. The minimum absolute atomic E-state index is 0.137. The van der Waals surface area contributed by atoms with Crippen LogP contribution >= 0.6 is 0 Å². The van der Waals surface area contributed by atoms with Crippen molar-refractivity contribution in [3.05, 3.63) is 71.3 Å². The van der Waals surface area contributed by atoms with Crippen molar-refractivity contribution in [2.24, 2.45) is 5.92 Å². The number of rotatable bonds is 4. The van der Waals surface area contributed by atoms with Crippen LogP contribution in [0.2, 0.25) is 0 Å². The fourth-order valence-corrected chi connectivity index (χ4v) is 4.54. The molecule has 2 atom stereocenters. The van der Waals surface area contributed by atoms with E-state index in [0.717, 1.165) is 30.5 Å². The largest absolute Gasteiger partial charge is 0.294 e. The van der Waals surface area contributed by atoms with Crippen LogP contribution in [0, 0.1) is 18.3 Å². The zero-order chi connectivity index (χ0) is 17.2. The quantitative estimate of drug-likeness (QED) is 0.616. The average molecular weight is 329 g/mol. The van der Waals surface area contributed by atoms with Gasteiger partial charge in [0.1, 0.15) is 0 Å². The van der Waals surface area contributed by atoms with Crippen molar-refractivity contribution in [3.8, 4) is 12.3 Å². The molecule has 2 aromatic carbocycles. The molecular weight excluding hydrogens is 306 g/mol. The highest BCUT2D eigenvalue weighted by molar-refractivity contribution is 5.98. The number of ketones is 1. The third-order valence-corrected chi connectivity index (χ3v) is 5.78. The molecule has 25 heavy (non-hydrogen) atoms. The molecule has 0 spiro atoms. The van der Waals surface area contributed by atoms with Gasteiger partial charge in [-0.25, -0.2) is 0 Å². The van der Waals surface area contributed by atoms with Gasteiger partial charge >= 0.3 is 0 Å². The van der Waals surface area contributed by atoms with Crippen LogP contribution < -0.4 is 0 Å². The Labute approximate surface area is 149 Å². The Morgan fingerprint density at radius 3 is 2.44 bits per heavy atom. The van der Waals surface area contributed by atoms with Crippen LogP contribution in [0.3, 0.4) is 0 Å². The summed E-state index contributed by atoms with van der Waals surface area (Å²) in [5, 5.41) is 0. The van der Waals surface area contributed by atoms with E-state index in [1.165, 1.54) is 18.4 Å². The smallest absolute Gasteiger partial charge is 0.166 e. The minimum atomic E-state index is 0.137. The number of hydrogen-bond donors (Lipinski definition) is 0. The van der Waals surface area contributed by atoms with Crippen molar-refractivity contribution in [3.63, 3.8) is 0 Å².